The van der Waals surface area contributed by atoms with E-state index in [4.69, 9.17) is 9.47 Å². The number of methoxy groups -OCH3 is 1. The molecule has 1 atom stereocenters. The molecule has 140 valence electrons. The number of carbonyl (C=O) groups excluding carboxylic acids is 1. The minimum Gasteiger partial charge on any atom is -0.491 e. The first kappa shape index (κ1) is 19.9. The van der Waals surface area contributed by atoms with E-state index in [9.17, 15) is 9.90 Å². The van der Waals surface area contributed by atoms with Gasteiger partial charge in [0.15, 0.2) is 0 Å². The van der Waals surface area contributed by atoms with Crippen molar-refractivity contribution in [2.75, 3.05) is 26.8 Å². The van der Waals surface area contributed by atoms with Gasteiger partial charge in [0.05, 0.1) is 7.11 Å². The molecule has 1 N–H and O–H groups in total. The Morgan fingerprint density at radius 2 is 1.73 bits per heavy atom. The van der Waals surface area contributed by atoms with E-state index in [-0.39, 0.29) is 12.6 Å². The topological polar surface area (TPSA) is 59.0 Å². The van der Waals surface area contributed by atoms with Gasteiger partial charge in [0.1, 0.15) is 18.5 Å². The van der Waals surface area contributed by atoms with E-state index >= 15 is 0 Å². The van der Waals surface area contributed by atoms with E-state index in [1.807, 2.05) is 48.5 Å². The average molecular weight is 357 g/mol. The molecule has 0 bridgehead atoms. The van der Waals surface area contributed by atoms with Crippen molar-refractivity contribution in [1.82, 2.24) is 4.90 Å². The molecule has 0 saturated heterocycles. The molecule has 5 heteroatoms. The summed E-state index contributed by atoms with van der Waals surface area (Å²) in [6.45, 7) is 2.12. The Balaban J connectivity index is 1.85. The maximum atomic E-state index is 11.3. The fraction of sp³-hybridized carbons (Fsp3) is 0.381. The van der Waals surface area contributed by atoms with E-state index in [2.05, 4.69) is 17.0 Å². The minimum atomic E-state index is -0.614. The molecular weight excluding hydrogens is 330 g/mol. The third kappa shape index (κ3) is 7.68. The lowest BCUT2D eigenvalue weighted by Gasteiger charge is -2.25. The summed E-state index contributed by atoms with van der Waals surface area (Å²) < 4.78 is 10.3. The standard InChI is InChI=1S/C21H27NO4/c1-25-21(24)13-8-14-22(15-18-9-4-2-5-10-18)16-19(23)17-26-20-11-6-3-7-12-20/h2-7,9-12,19,23H,8,13-17H2,1H3. The van der Waals surface area contributed by atoms with Gasteiger partial charge in [-0.3, -0.25) is 9.69 Å². The molecule has 2 aromatic rings. The molecule has 2 rings (SSSR count). The Labute approximate surface area is 155 Å². The highest BCUT2D eigenvalue weighted by Crippen LogP contribution is 2.11. The second-order valence-electron chi connectivity index (χ2n) is 6.18. The van der Waals surface area contributed by atoms with Crippen LogP contribution in [-0.2, 0) is 16.1 Å². The molecule has 0 aliphatic rings. The van der Waals surface area contributed by atoms with Gasteiger partial charge in [-0.25, -0.2) is 0 Å². The Morgan fingerprint density at radius 3 is 2.38 bits per heavy atom. The van der Waals surface area contributed by atoms with Gasteiger partial charge < -0.3 is 14.6 Å². The predicted octanol–water partition coefficient (Wildman–Crippen LogP) is 2.88. The van der Waals surface area contributed by atoms with Crippen molar-refractivity contribution >= 4 is 5.97 Å². The van der Waals surface area contributed by atoms with E-state index in [1.165, 1.54) is 12.7 Å². The molecule has 0 radical (unpaired) electrons. The van der Waals surface area contributed by atoms with Gasteiger partial charge >= 0.3 is 5.97 Å². The zero-order valence-electron chi connectivity index (χ0n) is 15.2. The number of aliphatic hydroxyl groups is 1. The molecule has 2 aromatic carbocycles. The minimum absolute atomic E-state index is 0.211. The number of benzene rings is 2. The van der Waals surface area contributed by atoms with Crippen LogP contribution in [0.1, 0.15) is 18.4 Å². The van der Waals surface area contributed by atoms with Crippen LogP contribution in [-0.4, -0.2) is 48.9 Å². The zero-order valence-corrected chi connectivity index (χ0v) is 15.2. The quantitative estimate of drug-likeness (QED) is 0.627. The van der Waals surface area contributed by atoms with E-state index in [1.54, 1.807) is 0 Å². The van der Waals surface area contributed by atoms with Crippen molar-refractivity contribution in [1.29, 1.82) is 0 Å². The molecule has 0 heterocycles. The normalized spacial score (nSPS) is 12.0. The van der Waals surface area contributed by atoms with Gasteiger partial charge in [-0.05, 0) is 30.7 Å². The molecule has 0 aromatic heterocycles. The van der Waals surface area contributed by atoms with Gasteiger partial charge in [-0.2, -0.15) is 0 Å². The third-order valence-corrected chi connectivity index (χ3v) is 3.99. The van der Waals surface area contributed by atoms with Crippen LogP contribution in [0.3, 0.4) is 0 Å². The Bertz CT molecular complexity index is 633. The van der Waals surface area contributed by atoms with Crippen molar-refractivity contribution in [2.45, 2.75) is 25.5 Å². The molecule has 0 amide bonds. The van der Waals surface area contributed by atoms with Crippen molar-refractivity contribution in [3.63, 3.8) is 0 Å². The van der Waals surface area contributed by atoms with E-state index in [0.29, 0.717) is 32.5 Å². The summed E-state index contributed by atoms with van der Waals surface area (Å²) in [5.41, 5.74) is 1.17. The highest BCUT2D eigenvalue weighted by Gasteiger charge is 2.14. The molecule has 5 nitrogen and oxygen atoms in total. The summed E-state index contributed by atoms with van der Waals surface area (Å²) in [4.78, 5) is 13.5. The zero-order chi connectivity index (χ0) is 18.6. The Hall–Kier alpha value is -2.37. The van der Waals surface area contributed by atoms with Crippen molar-refractivity contribution in [3.05, 3.63) is 66.2 Å². The van der Waals surface area contributed by atoms with E-state index < -0.39 is 6.10 Å². The van der Waals surface area contributed by atoms with Crippen LogP contribution in [0.4, 0.5) is 0 Å². The van der Waals surface area contributed by atoms with Crippen molar-refractivity contribution < 1.29 is 19.4 Å². The largest absolute Gasteiger partial charge is 0.491 e. The summed E-state index contributed by atoms with van der Waals surface area (Å²) in [6, 6.07) is 19.5. The molecule has 0 aliphatic heterocycles. The summed E-state index contributed by atoms with van der Waals surface area (Å²) in [7, 11) is 1.40. The summed E-state index contributed by atoms with van der Waals surface area (Å²) in [5.74, 6) is 0.532. The first-order chi connectivity index (χ1) is 12.7. The number of hydrogen-bond donors (Lipinski definition) is 1. The van der Waals surface area contributed by atoms with Gasteiger partial charge in [0.2, 0.25) is 0 Å². The molecule has 26 heavy (non-hydrogen) atoms. The molecule has 0 aliphatic carbocycles. The fourth-order valence-corrected chi connectivity index (χ4v) is 2.69. The van der Waals surface area contributed by atoms with Crippen LogP contribution in [0.15, 0.2) is 60.7 Å². The Kier molecular flexibility index (Phi) is 8.66. The highest BCUT2D eigenvalue weighted by atomic mass is 16.5. The molecule has 0 fully saturated rings. The number of aliphatic hydroxyl groups excluding tert-OH is 1. The average Bonchev–Trinajstić information content (AvgIpc) is 2.67. The molecule has 0 spiro atoms. The maximum Gasteiger partial charge on any atom is 0.305 e. The van der Waals surface area contributed by atoms with E-state index in [0.717, 1.165) is 5.75 Å². The monoisotopic (exact) mass is 357 g/mol. The smallest absolute Gasteiger partial charge is 0.305 e. The highest BCUT2D eigenvalue weighted by molar-refractivity contribution is 5.69. The lowest BCUT2D eigenvalue weighted by Crippen LogP contribution is -2.36. The molecule has 1 unspecified atom stereocenters. The van der Waals surface area contributed by atoms with Crippen LogP contribution >= 0.6 is 0 Å². The van der Waals surface area contributed by atoms with Gasteiger partial charge in [0.25, 0.3) is 0 Å². The van der Waals surface area contributed by atoms with Gasteiger partial charge in [0, 0.05) is 19.5 Å². The van der Waals surface area contributed by atoms with Crippen LogP contribution in [0, 0.1) is 0 Å². The first-order valence-corrected chi connectivity index (χ1v) is 8.86. The van der Waals surface area contributed by atoms with Crippen molar-refractivity contribution in [2.24, 2.45) is 0 Å². The SMILES string of the molecule is COC(=O)CCCN(Cc1ccccc1)CC(O)COc1ccccc1. The summed E-state index contributed by atoms with van der Waals surface area (Å²) in [5, 5.41) is 10.4. The Morgan fingerprint density at radius 1 is 1.08 bits per heavy atom. The number of hydrogen-bond acceptors (Lipinski definition) is 5. The van der Waals surface area contributed by atoms with Crippen molar-refractivity contribution in [3.8, 4) is 5.75 Å². The van der Waals surface area contributed by atoms with Crippen LogP contribution in [0.25, 0.3) is 0 Å². The number of para-hydroxylation sites is 1. The fourth-order valence-electron chi connectivity index (χ4n) is 2.69. The number of rotatable bonds is 11. The number of nitrogens with zero attached hydrogens (tertiary/aromatic N) is 1. The first-order valence-electron chi connectivity index (χ1n) is 8.86. The molecule has 0 saturated carbocycles. The summed E-state index contributed by atoms with van der Waals surface area (Å²) >= 11 is 0. The number of carbonyl (C=O) groups is 1. The summed E-state index contributed by atoms with van der Waals surface area (Å²) in [6.07, 6.45) is 0.446. The van der Waals surface area contributed by atoms with Crippen LogP contribution in [0.2, 0.25) is 0 Å². The molecular formula is C21H27NO4. The predicted molar refractivity (Wildman–Crippen MR) is 101 cm³/mol. The second kappa shape index (κ2) is 11.3. The number of esters is 1. The maximum absolute atomic E-state index is 11.3. The second-order valence-corrected chi connectivity index (χ2v) is 6.18. The van der Waals surface area contributed by atoms with Crippen LogP contribution < -0.4 is 4.74 Å². The number of ether oxygens (including phenoxy) is 2. The van der Waals surface area contributed by atoms with Gasteiger partial charge in [-0.15, -0.1) is 0 Å². The third-order valence-electron chi connectivity index (χ3n) is 3.99. The van der Waals surface area contributed by atoms with Gasteiger partial charge in [-0.1, -0.05) is 48.5 Å². The lowest BCUT2D eigenvalue weighted by atomic mass is 10.2. The lowest BCUT2D eigenvalue weighted by molar-refractivity contribution is -0.140. The van der Waals surface area contributed by atoms with Crippen LogP contribution in [0.5, 0.6) is 5.75 Å².